The summed E-state index contributed by atoms with van der Waals surface area (Å²) < 4.78 is 0. The van der Waals surface area contributed by atoms with Gasteiger partial charge in [0.05, 0.1) is 6.42 Å². The normalized spacial score (nSPS) is 22.2. The number of aliphatic carboxylic acids is 1. The van der Waals surface area contributed by atoms with Crippen molar-refractivity contribution in [2.75, 3.05) is 19.7 Å². The van der Waals surface area contributed by atoms with Crippen molar-refractivity contribution in [3.8, 4) is 0 Å². The SMILES string of the molecule is O=C(O)CC1CCCCN1CCCCCO. The largest absolute Gasteiger partial charge is 0.481 e. The fourth-order valence-corrected chi connectivity index (χ4v) is 2.39. The molecule has 1 aliphatic heterocycles. The second-order valence-electron chi connectivity index (χ2n) is 4.57. The Bertz CT molecular complexity index is 208. The second kappa shape index (κ2) is 7.63. The fourth-order valence-electron chi connectivity index (χ4n) is 2.39. The molecule has 4 heteroatoms. The highest BCUT2D eigenvalue weighted by Gasteiger charge is 2.23. The van der Waals surface area contributed by atoms with Gasteiger partial charge in [-0.2, -0.15) is 0 Å². The van der Waals surface area contributed by atoms with Crippen LogP contribution in [0.5, 0.6) is 0 Å². The highest BCUT2D eigenvalue weighted by atomic mass is 16.4. The fraction of sp³-hybridized carbons (Fsp3) is 0.917. The zero-order chi connectivity index (χ0) is 11.8. The van der Waals surface area contributed by atoms with Crippen LogP contribution in [-0.4, -0.2) is 46.8 Å². The number of nitrogens with zero attached hydrogens (tertiary/aromatic N) is 1. The van der Waals surface area contributed by atoms with E-state index in [4.69, 9.17) is 10.2 Å². The second-order valence-corrected chi connectivity index (χ2v) is 4.57. The van der Waals surface area contributed by atoms with Crippen molar-refractivity contribution in [2.24, 2.45) is 0 Å². The van der Waals surface area contributed by atoms with Crippen molar-refractivity contribution >= 4 is 5.97 Å². The first-order chi connectivity index (χ1) is 7.74. The summed E-state index contributed by atoms with van der Waals surface area (Å²) in [5, 5.41) is 17.5. The Kier molecular flexibility index (Phi) is 6.42. The summed E-state index contributed by atoms with van der Waals surface area (Å²) in [6.45, 7) is 2.29. The minimum absolute atomic E-state index is 0.236. The summed E-state index contributed by atoms with van der Waals surface area (Å²) >= 11 is 0. The van der Waals surface area contributed by atoms with Gasteiger partial charge in [-0.05, 0) is 45.2 Å². The van der Waals surface area contributed by atoms with Crippen LogP contribution in [0.1, 0.15) is 44.9 Å². The maximum Gasteiger partial charge on any atom is 0.304 e. The summed E-state index contributed by atoms with van der Waals surface area (Å²) in [6, 6.07) is 0.236. The van der Waals surface area contributed by atoms with Crippen molar-refractivity contribution in [1.29, 1.82) is 0 Å². The lowest BCUT2D eigenvalue weighted by Gasteiger charge is -2.34. The van der Waals surface area contributed by atoms with Crippen LogP contribution in [0.2, 0.25) is 0 Å². The maximum atomic E-state index is 10.7. The molecular formula is C12H23NO3. The average molecular weight is 229 g/mol. The minimum Gasteiger partial charge on any atom is -0.481 e. The van der Waals surface area contributed by atoms with Gasteiger partial charge in [-0.3, -0.25) is 9.69 Å². The topological polar surface area (TPSA) is 60.8 Å². The van der Waals surface area contributed by atoms with Gasteiger partial charge >= 0.3 is 5.97 Å². The summed E-state index contributed by atoms with van der Waals surface area (Å²) in [4.78, 5) is 13.0. The Hall–Kier alpha value is -0.610. The number of aliphatic hydroxyl groups is 1. The Morgan fingerprint density at radius 3 is 2.75 bits per heavy atom. The van der Waals surface area contributed by atoms with Crippen LogP contribution >= 0.6 is 0 Å². The molecule has 2 N–H and O–H groups in total. The standard InChI is InChI=1S/C12H23NO3/c14-9-5-1-3-7-13-8-4-2-6-11(13)10-12(15)16/h11,14H,1-10H2,(H,15,16). The molecule has 16 heavy (non-hydrogen) atoms. The first-order valence-corrected chi connectivity index (χ1v) is 6.30. The molecule has 1 heterocycles. The van der Waals surface area contributed by atoms with E-state index in [0.717, 1.165) is 45.2 Å². The smallest absolute Gasteiger partial charge is 0.304 e. The number of rotatable bonds is 7. The molecule has 0 spiro atoms. The number of hydrogen-bond acceptors (Lipinski definition) is 3. The molecule has 0 aliphatic carbocycles. The van der Waals surface area contributed by atoms with Crippen molar-refractivity contribution in [3.05, 3.63) is 0 Å². The van der Waals surface area contributed by atoms with Crippen LogP contribution < -0.4 is 0 Å². The summed E-state index contributed by atoms with van der Waals surface area (Å²) in [5.41, 5.74) is 0. The van der Waals surface area contributed by atoms with Crippen molar-refractivity contribution < 1.29 is 15.0 Å². The van der Waals surface area contributed by atoms with Gasteiger partial charge in [0.15, 0.2) is 0 Å². The Labute approximate surface area is 97.3 Å². The van der Waals surface area contributed by atoms with Crippen LogP contribution in [-0.2, 0) is 4.79 Å². The Balaban J connectivity index is 2.26. The van der Waals surface area contributed by atoms with Gasteiger partial charge in [0.2, 0.25) is 0 Å². The number of likely N-dealkylation sites (tertiary alicyclic amines) is 1. The first-order valence-electron chi connectivity index (χ1n) is 6.30. The van der Waals surface area contributed by atoms with Gasteiger partial charge in [0.25, 0.3) is 0 Å². The third-order valence-corrected chi connectivity index (χ3v) is 3.26. The highest BCUT2D eigenvalue weighted by molar-refractivity contribution is 5.67. The van der Waals surface area contributed by atoms with Gasteiger partial charge in [0.1, 0.15) is 0 Å². The summed E-state index contributed by atoms with van der Waals surface area (Å²) in [5.74, 6) is -0.688. The molecule has 1 rings (SSSR count). The zero-order valence-corrected chi connectivity index (χ0v) is 9.90. The predicted molar refractivity (Wildman–Crippen MR) is 62.4 cm³/mol. The van der Waals surface area contributed by atoms with Gasteiger partial charge < -0.3 is 10.2 Å². The lowest BCUT2D eigenvalue weighted by atomic mass is 9.99. The molecular weight excluding hydrogens is 206 g/mol. The van der Waals surface area contributed by atoms with E-state index < -0.39 is 5.97 Å². The molecule has 0 aromatic rings. The molecule has 1 atom stereocenters. The molecule has 0 aromatic carbocycles. The van der Waals surface area contributed by atoms with E-state index in [0.29, 0.717) is 0 Å². The molecule has 0 radical (unpaired) electrons. The van der Waals surface area contributed by atoms with Gasteiger partial charge in [-0.25, -0.2) is 0 Å². The molecule has 4 nitrogen and oxygen atoms in total. The number of hydrogen-bond donors (Lipinski definition) is 2. The van der Waals surface area contributed by atoms with E-state index in [9.17, 15) is 4.79 Å². The molecule has 0 bridgehead atoms. The quantitative estimate of drug-likeness (QED) is 0.649. The van der Waals surface area contributed by atoms with Crippen LogP contribution in [0.4, 0.5) is 0 Å². The van der Waals surface area contributed by atoms with E-state index in [1.807, 2.05) is 0 Å². The lowest BCUT2D eigenvalue weighted by molar-refractivity contribution is -0.138. The number of carboxylic acid groups (broad SMARTS) is 1. The molecule has 0 amide bonds. The molecule has 1 unspecified atom stereocenters. The van der Waals surface area contributed by atoms with Crippen molar-refractivity contribution in [2.45, 2.75) is 51.0 Å². The van der Waals surface area contributed by atoms with E-state index in [-0.39, 0.29) is 19.1 Å². The number of unbranched alkanes of at least 4 members (excludes halogenated alkanes) is 2. The number of aliphatic hydroxyl groups excluding tert-OH is 1. The maximum absolute atomic E-state index is 10.7. The predicted octanol–water partition coefficient (Wildman–Crippen LogP) is 1.48. The van der Waals surface area contributed by atoms with Gasteiger partial charge in [-0.15, -0.1) is 0 Å². The summed E-state index contributed by atoms with van der Waals surface area (Å²) in [7, 11) is 0. The van der Waals surface area contributed by atoms with E-state index in [1.165, 1.54) is 6.42 Å². The van der Waals surface area contributed by atoms with Crippen LogP contribution in [0.25, 0.3) is 0 Å². The van der Waals surface area contributed by atoms with Crippen LogP contribution in [0.15, 0.2) is 0 Å². The average Bonchev–Trinajstić information content (AvgIpc) is 2.26. The van der Waals surface area contributed by atoms with Crippen molar-refractivity contribution in [3.63, 3.8) is 0 Å². The Morgan fingerprint density at radius 2 is 2.06 bits per heavy atom. The summed E-state index contributed by atoms with van der Waals surface area (Å²) in [6.07, 6.45) is 6.61. The van der Waals surface area contributed by atoms with E-state index in [1.54, 1.807) is 0 Å². The third kappa shape index (κ3) is 4.94. The lowest BCUT2D eigenvalue weighted by Crippen LogP contribution is -2.41. The van der Waals surface area contributed by atoms with Gasteiger partial charge in [0, 0.05) is 12.6 Å². The highest BCUT2D eigenvalue weighted by Crippen LogP contribution is 2.20. The monoisotopic (exact) mass is 229 g/mol. The molecule has 1 aliphatic rings. The van der Waals surface area contributed by atoms with Crippen LogP contribution in [0, 0.1) is 0 Å². The molecule has 94 valence electrons. The van der Waals surface area contributed by atoms with Gasteiger partial charge in [-0.1, -0.05) is 6.42 Å². The molecule has 1 saturated heterocycles. The molecule has 0 aromatic heterocycles. The third-order valence-electron chi connectivity index (χ3n) is 3.26. The first kappa shape index (κ1) is 13.5. The molecule has 0 saturated carbocycles. The number of carbonyl (C=O) groups is 1. The van der Waals surface area contributed by atoms with Crippen LogP contribution in [0.3, 0.4) is 0 Å². The number of carboxylic acids is 1. The number of piperidine rings is 1. The molecule has 1 fully saturated rings. The zero-order valence-electron chi connectivity index (χ0n) is 9.90. The van der Waals surface area contributed by atoms with E-state index in [2.05, 4.69) is 4.90 Å². The van der Waals surface area contributed by atoms with E-state index >= 15 is 0 Å². The minimum atomic E-state index is -0.688. The van der Waals surface area contributed by atoms with Crippen molar-refractivity contribution in [1.82, 2.24) is 4.90 Å². The Morgan fingerprint density at radius 1 is 1.25 bits per heavy atom.